The van der Waals surface area contributed by atoms with E-state index < -0.39 is 0 Å². The molecule has 0 unspecified atom stereocenters. The summed E-state index contributed by atoms with van der Waals surface area (Å²) in [6.45, 7) is 1.94. The highest BCUT2D eigenvalue weighted by molar-refractivity contribution is 6.31. The highest BCUT2D eigenvalue weighted by Crippen LogP contribution is 2.22. The van der Waals surface area contributed by atoms with Gasteiger partial charge in [0.15, 0.2) is 0 Å². The first kappa shape index (κ1) is 9.93. The molecule has 0 aliphatic rings. The molecular weight excluding hydrogens is 212 g/mol. The smallest absolute Gasteiger partial charge is 0.264 e. The van der Waals surface area contributed by atoms with Crippen LogP contribution in [0.1, 0.15) is 5.56 Å². The fourth-order valence-electron chi connectivity index (χ4n) is 1.26. The van der Waals surface area contributed by atoms with Crippen molar-refractivity contribution in [3.05, 3.63) is 51.3 Å². The molecule has 0 fully saturated rings. The van der Waals surface area contributed by atoms with Gasteiger partial charge in [-0.2, -0.15) is 5.10 Å². The minimum absolute atomic E-state index is 0.211. The molecule has 3 nitrogen and oxygen atoms in total. The van der Waals surface area contributed by atoms with Gasteiger partial charge in [-0.25, -0.2) is 5.10 Å². The molecule has 2 aromatic rings. The van der Waals surface area contributed by atoms with Gasteiger partial charge in [0, 0.05) is 16.7 Å². The van der Waals surface area contributed by atoms with E-state index in [2.05, 4.69) is 10.2 Å². The van der Waals surface area contributed by atoms with Gasteiger partial charge in [0.25, 0.3) is 5.56 Å². The predicted octanol–water partition coefficient (Wildman–Crippen LogP) is 2.40. The predicted molar refractivity (Wildman–Crippen MR) is 60.0 cm³/mol. The van der Waals surface area contributed by atoms with Gasteiger partial charge in [0.1, 0.15) is 0 Å². The van der Waals surface area contributed by atoms with E-state index in [9.17, 15) is 4.79 Å². The van der Waals surface area contributed by atoms with E-state index in [4.69, 9.17) is 11.6 Å². The summed E-state index contributed by atoms with van der Waals surface area (Å²) in [5.41, 5.74) is 2.40. The maximum absolute atomic E-state index is 10.8. The third-order valence-electron chi connectivity index (χ3n) is 2.15. The van der Waals surface area contributed by atoms with Crippen molar-refractivity contribution in [1.82, 2.24) is 10.2 Å². The molecule has 0 atom stereocenters. The number of aromatic amines is 1. The second-order valence-electron chi connectivity index (χ2n) is 3.27. The van der Waals surface area contributed by atoms with Gasteiger partial charge < -0.3 is 0 Å². The molecule has 76 valence electrons. The van der Waals surface area contributed by atoms with Gasteiger partial charge in [-0.15, -0.1) is 0 Å². The Bertz CT molecular complexity index is 528. The Kier molecular flexibility index (Phi) is 2.56. The van der Waals surface area contributed by atoms with Crippen molar-refractivity contribution in [2.24, 2.45) is 0 Å². The van der Waals surface area contributed by atoms with Crippen molar-refractivity contribution in [1.29, 1.82) is 0 Å². The second kappa shape index (κ2) is 3.87. The van der Waals surface area contributed by atoms with E-state index >= 15 is 0 Å². The first-order valence-electron chi connectivity index (χ1n) is 4.49. The van der Waals surface area contributed by atoms with Crippen molar-refractivity contribution in [3.8, 4) is 11.3 Å². The van der Waals surface area contributed by atoms with Crippen LogP contribution >= 0.6 is 11.6 Å². The monoisotopic (exact) mass is 220 g/mol. The first-order valence-corrected chi connectivity index (χ1v) is 4.87. The summed E-state index contributed by atoms with van der Waals surface area (Å²) in [7, 11) is 0. The summed E-state index contributed by atoms with van der Waals surface area (Å²) in [5.74, 6) is 0. The SMILES string of the molecule is Cc1ccc(-c2ccc(=O)[nH]n2)cc1Cl. The van der Waals surface area contributed by atoms with Crippen LogP contribution in [0.25, 0.3) is 11.3 Å². The number of hydrogen-bond acceptors (Lipinski definition) is 2. The molecule has 1 aromatic carbocycles. The normalized spacial score (nSPS) is 10.3. The number of nitrogens with zero attached hydrogens (tertiary/aromatic N) is 1. The minimum atomic E-state index is -0.211. The average molecular weight is 221 g/mol. The van der Waals surface area contributed by atoms with E-state index in [0.717, 1.165) is 11.1 Å². The Morgan fingerprint density at radius 3 is 2.67 bits per heavy atom. The maximum Gasteiger partial charge on any atom is 0.264 e. The molecule has 1 heterocycles. The van der Waals surface area contributed by atoms with E-state index in [1.165, 1.54) is 6.07 Å². The number of halogens is 1. The van der Waals surface area contributed by atoms with Crippen molar-refractivity contribution >= 4 is 11.6 Å². The topological polar surface area (TPSA) is 45.8 Å². The fraction of sp³-hybridized carbons (Fsp3) is 0.0909. The molecule has 0 aliphatic carbocycles. The van der Waals surface area contributed by atoms with Crippen LogP contribution in [0.4, 0.5) is 0 Å². The summed E-state index contributed by atoms with van der Waals surface area (Å²) >= 11 is 6.00. The molecule has 0 amide bonds. The molecule has 4 heteroatoms. The van der Waals surface area contributed by atoms with Gasteiger partial charge in [-0.1, -0.05) is 23.7 Å². The molecule has 1 N–H and O–H groups in total. The van der Waals surface area contributed by atoms with Gasteiger partial charge in [0.2, 0.25) is 0 Å². The van der Waals surface area contributed by atoms with Gasteiger partial charge >= 0.3 is 0 Å². The summed E-state index contributed by atoms with van der Waals surface area (Å²) in [6, 6.07) is 8.78. The molecule has 15 heavy (non-hydrogen) atoms. The molecule has 2 rings (SSSR count). The zero-order valence-electron chi connectivity index (χ0n) is 8.12. The zero-order valence-corrected chi connectivity index (χ0v) is 8.88. The van der Waals surface area contributed by atoms with Crippen molar-refractivity contribution in [2.75, 3.05) is 0 Å². The summed E-state index contributed by atoms with van der Waals surface area (Å²) < 4.78 is 0. The van der Waals surface area contributed by atoms with Crippen LogP contribution < -0.4 is 5.56 Å². The first-order chi connectivity index (χ1) is 7.16. The summed E-state index contributed by atoms with van der Waals surface area (Å²) in [4.78, 5) is 10.8. The lowest BCUT2D eigenvalue weighted by Crippen LogP contribution is -2.05. The number of aryl methyl sites for hydroxylation is 1. The van der Waals surface area contributed by atoms with Crippen LogP contribution in [0.5, 0.6) is 0 Å². The lowest BCUT2D eigenvalue weighted by atomic mass is 10.1. The Balaban J connectivity index is 2.50. The molecule has 0 aliphatic heterocycles. The molecule has 0 radical (unpaired) electrons. The van der Waals surface area contributed by atoms with Crippen LogP contribution in [-0.4, -0.2) is 10.2 Å². The Hall–Kier alpha value is -1.61. The number of aromatic nitrogens is 2. The number of benzene rings is 1. The van der Waals surface area contributed by atoms with Crippen molar-refractivity contribution in [2.45, 2.75) is 6.92 Å². The van der Waals surface area contributed by atoms with Crippen LogP contribution in [0, 0.1) is 6.92 Å². The molecule has 0 spiro atoms. The third-order valence-corrected chi connectivity index (χ3v) is 2.55. The van der Waals surface area contributed by atoms with Gasteiger partial charge in [0.05, 0.1) is 5.69 Å². The standard InChI is InChI=1S/C11H9ClN2O/c1-7-2-3-8(6-9(7)12)10-4-5-11(15)14-13-10/h2-6H,1H3,(H,14,15). The fourth-order valence-corrected chi connectivity index (χ4v) is 1.44. The highest BCUT2D eigenvalue weighted by Gasteiger charge is 2.01. The van der Waals surface area contributed by atoms with Crippen LogP contribution in [-0.2, 0) is 0 Å². The second-order valence-corrected chi connectivity index (χ2v) is 3.68. The molecule has 1 aromatic heterocycles. The molecule has 0 bridgehead atoms. The lowest BCUT2D eigenvalue weighted by molar-refractivity contribution is 0.995. The van der Waals surface area contributed by atoms with Crippen LogP contribution in [0.15, 0.2) is 35.1 Å². The Labute approximate surface area is 91.7 Å². The molecular formula is C11H9ClN2O. The lowest BCUT2D eigenvalue weighted by Gasteiger charge is -2.02. The summed E-state index contributed by atoms with van der Waals surface area (Å²) in [5, 5.41) is 7.00. The van der Waals surface area contributed by atoms with Crippen LogP contribution in [0.2, 0.25) is 5.02 Å². The Morgan fingerprint density at radius 1 is 1.27 bits per heavy atom. The van der Waals surface area contributed by atoms with E-state index in [-0.39, 0.29) is 5.56 Å². The van der Waals surface area contributed by atoms with Crippen molar-refractivity contribution < 1.29 is 0 Å². The van der Waals surface area contributed by atoms with Crippen molar-refractivity contribution in [3.63, 3.8) is 0 Å². The molecule has 0 saturated heterocycles. The number of nitrogens with one attached hydrogen (secondary N) is 1. The minimum Gasteiger partial charge on any atom is -0.268 e. The van der Waals surface area contributed by atoms with Gasteiger partial charge in [-0.3, -0.25) is 4.79 Å². The zero-order chi connectivity index (χ0) is 10.8. The number of H-pyrrole nitrogens is 1. The average Bonchev–Trinajstić information content (AvgIpc) is 2.23. The Morgan fingerprint density at radius 2 is 2.07 bits per heavy atom. The van der Waals surface area contributed by atoms with E-state index in [0.29, 0.717) is 10.7 Å². The molecule has 0 saturated carbocycles. The maximum atomic E-state index is 10.8. The van der Waals surface area contributed by atoms with E-state index in [1.807, 2.05) is 25.1 Å². The van der Waals surface area contributed by atoms with Crippen LogP contribution in [0.3, 0.4) is 0 Å². The summed E-state index contributed by atoms with van der Waals surface area (Å²) in [6.07, 6.45) is 0. The number of hydrogen-bond donors (Lipinski definition) is 1. The largest absolute Gasteiger partial charge is 0.268 e. The highest BCUT2D eigenvalue weighted by atomic mass is 35.5. The third kappa shape index (κ3) is 2.07. The van der Waals surface area contributed by atoms with E-state index in [1.54, 1.807) is 6.07 Å². The number of rotatable bonds is 1. The quantitative estimate of drug-likeness (QED) is 0.802. The van der Waals surface area contributed by atoms with Gasteiger partial charge in [-0.05, 0) is 24.6 Å².